The van der Waals surface area contributed by atoms with Crippen LogP contribution in [0.1, 0.15) is 6.42 Å². The van der Waals surface area contributed by atoms with E-state index in [2.05, 4.69) is 41.2 Å². The molecule has 4 nitrogen and oxygen atoms in total. The number of hydrogen-bond acceptors (Lipinski definition) is 3. The average molecular weight is 230 g/mol. The zero-order chi connectivity index (χ0) is 12.1. The highest BCUT2D eigenvalue weighted by atomic mass is 15.1. The number of aromatic nitrogens is 2. The SMILES string of the molecule is CN(CCCn1ccnc1N)c1ccccc1. The van der Waals surface area contributed by atoms with Gasteiger partial charge in [-0.3, -0.25) is 0 Å². The molecule has 0 saturated carbocycles. The van der Waals surface area contributed by atoms with Crippen LogP contribution in [0.25, 0.3) is 0 Å². The van der Waals surface area contributed by atoms with Crippen LogP contribution >= 0.6 is 0 Å². The zero-order valence-corrected chi connectivity index (χ0v) is 10.1. The highest BCUT2D eigenvalue weighted by Gasteiger charge is 2.01. The first-order valence-corrected chi connectivity index (χ1v) is 5.80. The zero-order valence-electron chi connectivity index (χ0n) is 10.1. The van der Waals surface area contributed by atoms with Gasteiger partial charge in [0.1, 0.15) is 0 Å². The molecule has 17 heavy (non-hydrogen) atoms. The molecule has 1 aromatic heterocycles. The first kappa shape index (κ1) is 11.5. The number of nitrogens with two attached hydrogens (primary N) is 1. The number of imidazole rings is 1. The lowest BCUT2D eigenvalue weighted by molar-refractivity contribution is 0.645. The smallest absolute Gasteiger partial charge is 0.200 e. The molecule has 1 heterocycles. The Labute approximate surface area is 102 Å². The van der Waals surface area contributed by atoms with Crippen LogP contribution in [-0.2, 0) is 6.54 Å². The van der Waals surface area contributed by atoms with Crippen molar-refractivity contribution in [3.05, 3.63) is 42.7 Å². The lowest BCUT2D eigenvalue weighted by Gasteiger charge is -2.19. The molecule has 0 spiro atoms. The van der Waals surface area contributed by atoms with Crippen LogP contribution in [0.5, 0.6) is 0 Å². The van der Waals surface area contributed by atoms with E-state index in [1.807, 2.05) is 16.8 Å². The molecule has 1 aromatic carbocycles. The average Bonchev–Trinajstić information content (AvgIpc) is 2.76. The molecular weight excluding hydrogens is 212 g/mol. The van der Waals surface area contributed by atoms with Gasteiger partial charge in [-0.2, -0.15) is 0 Å². The van der Waals surface area contributed by atoms with E-state index in [0.29, 0.717) is 5.95 Å². The van der Waals surface area contributed by atoms with E-state index in [9.17, 15) is 0 Å². The van der Waals surface area contributed by atoms with E-state index >= 15 is 0 Å². The van der Waals surface area contributed by atoms with E-state index in [1.54, 1.807) is 6.20 Å². The summed E-state index contributed by atoms with van der Waals surface area (Å²) in [5.74, 6) is 0.590. The van der Waals surface area contributed by atoms with Gasteiger partial charge in [0, 0.05) is 38.2 Å². The van der Waals surface area contributed by atoms with E-state index in [4.69, 9.17) is 5.73 Å². The lowest BCUT2D eigenvalue weighted by atomic mass is 10.3. The molecule has 0 saturated heterocycles. The van der Waals surface area contributed by atoms with Crippen molar-refractivity contribution in [2.45, 2.75) is 13.0 Å². The summed E-state index contributed by atoms with van der Waals surface area (Å²) in [7, 11) is 2.10. The van der Waals surface area contributed by atoms with E-state index in [0.717, 1.165) is 19.5 Å². The number of hydrogen-bond donors (Lipinski definition) is 1. The van der Waals surface area contributed by atoms with Gasteiger partial charge in [-0.15, -0.1) is 0 Å². The first-order chi connectivity index (χ1) is 8.27. The molecule has 0 fully saturated rings. The maximum absolute atomic E-state index is 5.71. The fourth-order valence-electron chi connectivity index (χ4n) is 1.82. The highest BCUT2D eigenvalue weighted by Crippen LogP contribution is 2.11. The van der Waals surface area contributed by atoms with Crippen molar-refractivity contribution >= 4 is 11.6 Å². The van der Waals surface area contributed by atoms with Gasteiger partial charge in [-0.1, -0.05) is 18.2 Å². The number of anilines is 2. The summed E-state index contributed by atoms with van der Waals surface area (Å²) in [6, 6.07) is 10.4. The Bertz CT molecular complexity index is 449. The summed E-state index contributed by atoms with van der Waals surface area (Å²) >= 11 is 0. The topological polar surface area (TPSA) is 47.1 Å². The molecule has 0 bridgehead atoms. The molecule has 90 valence electrons. The summed E-state index contributed by atoms with van der Waals surface area (Å²) in [5.41, 5.74) is 6.95. The van der Waals surface area contributed by atoms with E-state index in [1.165, 1.54) is 5.69 Å². The number of benzene rings is 1. The van der Waals surface area contributed by atoms with Crippen molar-refractivity contribution in [3.8, 4) is 0 Å². The van der Waals surface area contributed by atoms with Crippen molar-refractivity contribution in [1.82, 2.24) is 9.55 Å². The second-order valence-corrected chi connectivity index (χ2v) is 4.09. The van der Waals surface area contributed by atoms with Crippen molar-refractivity contribution in [2.75, 3.05) is 24.2 Å². The molecular formula is C13H18N4. The molecule has 0 unspecified atom stereocenters. The Morgan fingerprint density at radius 3 is 2.71 bits per heavy atom. The normalized spacial score (nSPS) is 10.4. The number of nitrogens with zero attached hydrogens (tertiary/aromatic N) is 3. The maximum atomic E-state index is 5.71. The Hall–Kier alpha value is -1.97. The Balaban J connectivity index is 1.81. The molecule has 0 atom stereocenters. The number of nitrogen functional groups attached to an aromatic ring is 1. The van der Waals surface area contributed by atoms with Crippen LogP contribution in [0.3, 0.4) is 0 Å². The largest absolute Gasteiger partial charge is 0.375 e. The molecule has 0 amide bonds. The summed E-state index contributed by atoms with van der Waals surface area (Å²) in [6.07, 6.45) is 4.69. The third kappa shape index (κ3) is 3.00. The quantitative estimate of drug-likeness (QED) is 0.854. The van der Waals surface area contributed by atoms with Gasteiger partial charge in [-0.25, -0.2) is 4.98 Å². The van der Waals surface area contributed by atoms with Gasteiger partial charge in [0.25, 0.3) is 0 Å². The third-order valence-electron chi connectivity index (χ3n) is 2.84. The molecule has 4 heteroatoms. The van der Waals surface area contributed by atoms with Crippen molar-refractivity contribution in [3.63, 3.8) is 0 Å². The van der Waals surface area contributed by atoms with Gasteiger partial charge in [0.05, 0.1) is 0 Å². The molecule has 2 aromatic rings. The Morgan fingerprint density at radius 1 is 1.29 bits per heavy atom. The molecule has 0 radical (unpaired) electrons. The maximum Gasteiger partial charge on any atom is 0.200 e. The van der Waals surface area contributed by atoms with E-state index in [-0.39, 0.29) is 0 Å². The predicted octanol–water partition coefficient (Wildman–Crippen LogP) is 1.99. The second kappa shape index (κ2) is 5.39. The predicted molar refractivity (Wildman–Crippen MR) is 71.0 cm³/mol. The molecule has 0 aliphatic carbocycles. The van der Waals surface area contributed by atoms with E-state index < -0.39 is 0 Å². The monoisotopic (exact) mass is 230 g/mol. The van der Waals surface area contributed by atoms with Crippen LogP contribution in [0.4, 0.5) is 11.6 Å². The summed E-state index contributed by atoms with van der Waals surface area (Å²) in [4.78, 5) is 6.24. The van der Waals surface area contributed by atoms with Gasteiger partial charge in [0.2, 0.25) is 0 Å². The first-order valence-electron chi connectivity index (χ1n) is 5.80. The fraction of sp³-hybridized carbons (Fsp3) is 0.308. The van der Waals surface area contributed by atoms with Gasteiger partial charge < -0.3 is 15.2 Å². The van der Waals surface area contributed by atoms with Crippen LogP contribution in [0, 0.1) is 0 Å². The van der Waals surface area contributed by atoms with Crippen LogP contribution in [0.2, 0.25) is 0 Å². The van der Waals surface area contributed by atoms with Crippen molar-refractivity contribution in [1.29, 1.82) is 0 Å². The minimum atomic E-state index is 0.590. The highest BCUT2D eigenvalue weighted by molar-refractivity contribution is 5.44. The standard InChI is InChI=1S/C13H18N4/c1-16(12-6-3-2-4-7-12)9-5-10-17-11-8-15-13(17)14/h2-4,6-8,11H,5,9-10H2,1H3,(H2,14,15). The molecule has 0 aliphatic heterocycles. The van der Waals surface area contributed by atoms with Crippen molar-refractivity contribution < 1.29 is 0 Å². The minimum Gasteiger partial charge on any atom is -0.375 e. The van der Waals surface area contributed by atoms with Crippen LogP contribution < -0.4 is 10.6 Å². The van der Waals surface area contributed by atoms with Crippen molar-refractivity contribution in [2.24, 2.45) is 0 Å². The minimum absolute atomic E-state index is 0.590. The van der Waals surface area contributed by atoms with Gasteiger partial charge >= 0.3 is 0 Å². The lowest BCUT2D eigenvalue weighted by Crippen LogP contribution is -2.19. The Morgan fingerprint density at radius 2 is 2.06 bits per heavy atom. The second-order valence-electron chi connectivity index (χ2n) is 4.09. The molecule has 0 aliphatic rings. The third-order valence-corrected chi connectivity index (χ3v) is 2.84. The molecule has 2 rings (SSSR count). The molecule has 2 N–H and O–H groups in total. The number of para-hydroxylation sites is 1. The summed E-state index contributed by atoms with van der Waals surface area (Å²) < 4.78 is 1.97. The fourth-order valence-corrected chi connectivity index (χ4v) is 1.82. The van der Waals surface area contributed by atoms with Gasteiger partial charge in [0.15, 0.2) is 5.95 Å². The number of rotatable bonds is 5. The van der Waals surface area contributed by atoms with Crippen LogP contribution in [-0.4, -0.2) is 23.1 Å². The number of aryl methyl sites for hydroxylation is 1. The van der Waals surface area contributed by atoms with Gasteiger partial charge in [-0.05, 0) is 18.6 Å². The van der Waals surface area contributed by atoms with Crippen LogP contribution in [0.15, 0.2) is 42.7 Å². The Kier molecular flexibility index (Phi) is 3.65. The summed E-state index contributed by atoms with van der Waals surface area (Å²) in [5, 5.41) is 0. The summed E-state index contributed by atoms with van der Waals surface area (Å²) in [6.45, 7) is 1.91.